The molecule has 0 spiro atoms. The SMILES string of the molecule is CCOC(=O)c1c2c(n(C)c1Cl)-c1cn(Cc3ccccc3)nc1CC2. The van der Waals surface area contributed by atoms with Gasteiger partial charge in [0.05, 0.1) is 24.5 Å². The van der Waals surface area contributed by atoms with Gasteiger partial charge in [0.15, 0.2) is 0 Å². The van der Waals surface area contributed by atoms with Crippen LogP contribution >= 0.6 is 11.6 Å². The number of hydrogen-bond donors (Lipinski definition) is 0. The number of esters is 1. The van der Waals surface area contributed by atoms with Crippen molar-refractivity contribution in [1.29, 1.82) is 0 Å². The van der Waals surface area contributed by atoms with Crippen LogP contribution < -0.4 is 0 Å². The van der Waals surface area contributed by atoms with Crippen molar-refractivity contribution in [3.8, 4) is 11.3 Å². The van der Waals surface area contributed by atoms with Crippen LogP contribution in [0.3, 0.4) is 0 Å². The normalized spacial score (nSPS) is 12.6. The van der Waals surface area contributed by atoms with Crippen LogP contribution in [0, 0.1) is 0 Å². The number of nitrogens with zero attached hydrogens (tertiary/aromatic N) is 3. The first-order chi connectivity index (χ1) is 12.6. The third kappa shape index (κ3) is 2.72. The predicted molar refractivity (Wildman–Crippen MR) is 101 cm³/mol. The molecule has 4 rings (SSSR count). The molecule has 3 aromatic rings. The molecule has 6 heteroatoms. The first kappa shape index (κ1) is 16.9. The molecule has 0 bridgehead atoms. The molecule has 26 heavy (non-hydrogen) atoms. The molecule has 0 unspecified atom stereocenters. The smallest absolute Gasteiger partial charge is 0.341 e. The van der Waals surface area contributed by atoms with Gasteiger partial charge in [0.1, 0.15) is 10.7 Å². The highest BCUT2D eigenvalue weighted by Gasteiger charge is 2.31. The van der Waals surface area contributed by atoms with Gasteiger partial charge in [-0.1, -0.05) is 41.9 Å². The monoisotopic (exact) mass is 369 g/mol. The molecule has 0 fully saturated rings. The Labute approximate surface area is 157 Å². The van der Waals surface area contributed by atoms with Crippen LogP contribution in [0.2, 0.25) is 5.15 Å². The Morgan fingerprint density at radius 3 is 2.77 bits per heavy atom. The van der Waals surface area contributed by atoms with Crippen molar-refractivity contribution in [2.75, 3.05) is 6.61 Å². The lowest BCUT2D eigenvalue weighted by atomic mass is 9.93. The quantitative estimate of drug-likeness (QED) is 0.656. The van der Waals surface area contributed by atoms with Crippen LogP contribution in [0.25, 0.3) is 11.3 Å². The molecule has 5 nitrogen and oxygen atoms in total. The van der Waals surface area contributed by atoms with E-state index in [-0.39, 0.29) is 5.97 Å². The van der Waals surface area contributed by atoms with Gasteiger partial charge < -0.3 is 9.30 Å². The van der Waals surface area contributed by atoms with E-state index in [2.05, 4.69) is 12.1 Å². The molecule has 0 saturated heterocycles. The van der Waals surface area contributed by atoms with E-state index in [9.17, 15) is 4.79 Å². The topological polar surface area (TPSA) is 49.0 Å². The number of fused-ring (bicyclic) bond motifs is 3. The zero-order chi connectivity index (χ0) is 18.3. The lowest BCUT2D eigenvalue weighted by molar-refractivity contribution is 0.0525. The lowest BCUT2D eigenvalue weighted by Gasteiger charge is -2.13. The van der Waals surface area contributed by atoms with E-state index < -0.39 is 0 Å². The molecular weight excluding hydrogens is 350 g/mol. The largest absolute Gasteiger partial charge is 0.462 e. The van der Waals surface area contributed by atoms with Gasteiger partial charge in [0, 0.05) is 18.8 Å². The molecule has 0 N–H and O–H groups in total. The number of carbonyl (C=O) groups is 1. The molecule has 2 heterocycles. The Kier molecular flexibility index (Phi) is 4.32. The van der Waals surface area contributed by atoms with Crippen LogP contribution in [0.1, 0.15) is 34.1 Å². The average molecular weight is 370 g/mol. The molecule has 0 aliphatic heterocycles. The summed E-state index contributed by atoms with van der Waals surface area (Å²) in [6, 6.07) is 10.2. The maximum absolute atomic E-state index is 12.4. The van der Waals surface area contributed by atoms with Crippen molar-refractivity contribution >= 4 is 17.6 Å². The van der Waals surface area contributed by atoms with E-state index in [1.165, 1.54) is 5.56 Å². The minimum absolute atomic E-state index is 0.332. The fraction of sp³-hybridized carbons (Fsp3) is 0.300. The number of rotatable bonds is 4. The Morgan fingerprint density at radius 1 is 1.27 bits per heavy atom. The Morgan fingerprint density at radius 2 is 2.04 bits per heavy atom. The van der Waals surface area contributed by atoms with Crippen LogP contribution in [-0.2, 0) is 31.2 Å². The molecule has 0 amide bonds. The van der Waals surface area contributed by atoms with E-state index in [0.29, 0.717) is 23.9 Å². The van der Waals surface area contributed by atoms with Gasteiger partial charge in [0.25, 0.3) is 0 Å². The second-order valence-corrected chi connectivity index (χ2v) is 6.80. The number of aromatic nitrogens is 3. The van der Waals surface area contributed by atoms with Crippen molar-refractivity contribution in [1.82, 2.24) is 14.3 Å². The van der Waals surface area contributed by atoms with E-state index in [1.54, 1.807) is 6.92 Å². The van der Waals surface area contributed by atoms with Crippen LogP contribution in [0.5, 0.6) is 0 Å². The summed E-state index contributed by atoms with van der Waals surface area (Å²) in [4.78, 5) is 12.4. The first-order valence-corrected chi connectivity index (χ1v) is 9.12. The second kappa shape index (κ2) is 6.65. The summed E-state index contributed by atoms with van der Waals surface area (Å²) >= 11 is 6.47. The minimum Gasteiger partial charge on any atom is -0.462 e. The molecule has 2 aromatic heterocycles. The van der Waals surface area contributed by atoms with Crippen molar-refractivity contribution < 1.29 is 9.53 Å². The molecule has 1 aromatic carbocycles. The van der Waals surface area contributed by atoms with Crippen molar-refractivity contribution in [2.45, 2.75) is 26.3 Å². The maximum Gasteiger partial charge on any atom is 0.341 e. The molecule has 1 aliphatic rings. The van der Waals surface area contributed by atoms with Crippen LogP contribution in [0.15, 0.2) is 36.5 Å². The van der Waals surface area contributed by atoms with Gasteiger partial charge in [-0.15, -0.1) is 0 Å². The van der Waals surface area contributed by atoms with E-state index in [0.717, 1.165) is 35.4 Å². The second-order valence-electron chi connectivity index (χ2n) is 6.45. The first-order valence-electron chi connectivity index (χ1n) is 8.75. The molecule has 0 atom stereocenters. The molecule has 0 saturated carbocycles. The molecule has 134 valence electrons. The minimum atomic E-state index is -0.352. The standard InChI is InChI=1S/C20H20ClN3O2/c1-3-26-20(25)17-14-9-10-16-15(18(14)23(2)19(17)21)12-24(22-16)11-13-7-5-4-6-8-13/h4-8,12H,3,9-11H2,1-2H3. The van der Waals surface area contributed by atoms with Gasteiger partial charge >= 0.3 is 5.97 Å². The Balaban J connectivity index is 1.76. The Bertz CT molecular complexity index is 973. The highest BCUT2D eigenvalue weighted by molar-refractivity contribution is 6.33. The number of carbonyl (C=O) groups excluding carboxylic acids is 1. The summed E-state index contributed by atoms with van der Waals surface area (Å²) in [5, 5.41) is 5.18. The fourth-order valence-electron chi connectivity index (χ4n) is 3.65. The van der Waals surface area contributed by atoms with Crippen LogP contribution in [0.4, 0.5) is 0 Å². The van der Waals surface area contributed by atoms with E-state index >= 15 is 0 Å². The molecule has 1 aliphatic carbocycles. The van der Waals surface area contributed by atoms with Gasteiger partial charge in [0.2, 0.25) is 0 Å². The maximum atomic E-state index is 12.4. The molecule has 0 radical (unpaired) electrons. The van der Waals surface area contributed by atoms with Crippen molar-refractivity contribution in [2.24, 2.45) is 7.05 Å². The van der Waals surface area contributed by atoms with E-state index in [1.807, 2.05) is 40.7 Å². The fourth-order valence-corrected chi connectivity index (χ4v) is 3.92. The van der Waals surface area contributed by atoms with Crippen molar-refractivity contribution in [3.63, 3.8) is 0 Å². The molecular formula is C20H20ClN3O2. The number of halogens is 1. The third-order valence-corrected chi connectivity index (χ3v) is 5.24. The predicted octanol–water partition coefficient (Wildman–Crippen LogP) is 3.87. The number of ether oxygens (including phenoxy) is 1. The van der Waals surface area contributed by atoms with Gasteiger partial charge in [-0.25, -0.2) is 4.79 Å². The summed E-state index contributed by atoms with van der Waals surface area (Å²) in [6.45, 7) is 2.85. The zero-order valence-corrected chi connectivity index (χ0v) is 15.6. The van der Waals surface area contributed by atoms with Crippen molar-refractivity contribution in [3.05, 3.63) is 64.1 Å². The summed E-state index contributed by atoms with van der Waals surface area (Å²) in [5.74, 6) is -0.352. The summed E-state index contributed by atoms with van der Waals surface area (Å²) in [6.07, 6.45) is 3.57. The Hall–Kier alpha value is -2.53. The highest BCUT2D eigenvalue weighted by Crippen LogP contribution is 2.40. The highest BCUT2D eigenvalue weighted by atomic mass is 35.5. The average Bonchev–Trinajstić information content (AvgIpc) is 3.14. The van der Waals surface area contributed by atoms with Crippen LogP contribution in [-0.4, -0.2) is 26.9 Å². The summed E-state index contributed by atoms with van der Waals surface area (Å²) in [7, 11) is 1.88. The summed E-state index contributed by atoms with van der Waals surface area (Å²) < 4.78 is 9.03. The lowest BCUT2D eigenvalue weighted by Crippen LogP contribution is -2.10. The number of hydrogen-bond acceptors (Lipinski definition) is 3. The summed E-state index contributed by atoms with van der Waals surface area (Å²) in [5.41, 5.74) is 5.71. The van der Waals surface area contributed by atoms with Gasteiger partial charge in [-0.2, -0.15) is 5.10 Å². The third-order valence-electron chi connectivity index (χ3n) is 4.80. The van der Waals surface area contributed by atoms with E-state index in [4.69, 9.17) is 21.4 Å². The van der Waals surface area contributed by atoms with Gasteiger partial charge in [-0.3, -0.25) is 4.68 Å². The zero-order valence-electron chi connectivity index (χ0n) is 14.8. The number of benzene rings is 1. The van der Waals surface area contributed by atoms with Gasteiger partial charge in [-0.05, 0) is 30.9 Å². The number of aryl methyl sites for hydroxylation is 1.